The van der Waals surface area contributed by atoms with Gasteiger partial charge in [0.2, 0.25) is 0 Å². The molecule has 2 heterocycles. The third kappa shape index (κ3) is 3.08. The number of hydrogen-bond donors (Lipinski definition) is 0. The predicted octanol–water partition coefficient (Wildman–Crippen LogP) is 5.10. The Morgan fingerprint density at radius 1 is 0.767 bits per heavy atom. The molecule has 2 saturated heterocycles. The Kier molecular flexibility index (Phi) is 4.79. The van der Waals surface area contributed by atoms with Crippen molar-refractivity contribution in [1.29, 1.82) is 0 Å². The third-order valence-corrected chi connectivity index (χ3v) is 6.24. The van der Waals surface area contributed by atoms with Crippen LogP contribution in [0, 0.1) is 0 Å². The van der Waals surface area contributed by atoms with E-state index >= 15 is 0 Å². The topological polar surface area (TPSA) is 49.9 Å². The van der Waals surface area contributed by atoms with Gasteiger partial charge in [0.1, 0.15) is 12.6 Å². The molecule has 5 nitrogen and oxygen atoms in total. The average molecular weight is 463 g/mol. The molecular formula is C24H19BrN2O3. The zero-order chi connectivity index (χ0) is 20.7. The number of anilines is 1. The summed E-state index contributed by atoms with van der Waals surface area (Å²) in [5, 5.41) is 0. The van der Waals surface area contributed by atoms with E-state index in [9.17, 15) is 9.59 Å². The summed E-state index contributed by atoms with van der Waals surface area (Å²) in [4.78, 5) is 29.5. The lowest BCUT2D eigenvalue weighted by Crippen LogP contribution is -2.66. The van der Waals surface area contributed by atoms with Crippen molar-refractivity contribution in [3.8, 4) is 0 Å². The second-order valence-corrected chi connectivity index (χ2v) is 8.31. The fraction of sp³-hybridized carbons (Fsp3) is 0.167. The van der Waals surface area contributed by atoms with Crippen molar-refractivity contribution in [2.24, 2.45) is 0 Å². The lowest BCUT2D eigenvalue weighted by molar-refractivity contribution is -0.131. The highest BCUT2D eigenvalue weighted by molar-refractivity contribution is 9.10. The number of nitrogens with zero attached hydrogens (tertiary/aromatic N) is 2. The number of ether oxygens (including phenoxy) is 1. The van der Waals surface area contributed by atoms with E-state index in [-0.39, 0.29) is 24.6 Å². The van der Waals surface area contributed by atoms with E-state index in [1.807, 2.05) is 84.9 Å². The van der Waals surface area contributed by atoms with E-state index in [2.05, 4.69) is 15.9 Å². The number of carbonyl (C=O) groups is 2. The van der Waals surface area contributed by atoms with Gasteiger partial charge >= 0.3 is 6.09 Å². The summed E-state index contributed by atoms with van der Waals surface area (Å²) < 4.78 is 6.35. The van der Waals surface area contributed by atoms with Gasteiger partial charge in [0, 0.05) is 10.2 Å². The molecule has 0 bridgehead atoms. The molecule has 0 saturated carbocycles. The van der Waals surface area contributed by atoms with Crippen LogP contribution >= 0.6 is 15.9 Å². The van der Waals surface area contributed by atoms with E-state index in [1.54, 1.807) is 9.80 Å². The van der Waals surface area contributed by atoms with Crippen LogP contribution in [0.3, 0.4) is 0 Å². The molecule has 6 heteroatoms. The van der Waals surface area contributed by atoms with Crippen molar-refractivity contribution in [3.63, 3.8) is 0 Å². The van der Waals surface area contributed by atoms with Crippen molar-refractivity contribution in [2.75, 3.05) is 11.5 Å². The predicted molar refractivity (Wildman–Crippen MR) is 117 cm³/mol. The molecular weight excluding hydrogens is 444 g/mol. The monoisotopic (exact) mass is 462 g/mol. The van der Waals surface area contributed by atoms with Crippen LogP contribution < -0.4 is 4.90 Å². The molecule has 0 aromatic heterocycles. The van der Waals surface area contributed by atoms with E-state index < -0.39 is 12.1 Å². The van der Waals surface area contributed by atoms with Crippen molar-refractivity contribution in [3.05, 3.63) is 101 Å². The number of amides is 2. The van der Waals surface area contributed by atoms with Crippen LogP contribution in [0.5, 0.6) is 0 Å². The average Bonchev–Trinajstić information content (AvgIpc) is 3.15. The summed E-state index contributed by atoms with van der Waals surface area (Å²) in [6.45, 7) is 0.241. The van der Waals surface area contributed by atoms with Gasteiger partial charge in [0.15, 0.2) is 0 Å². The van der Waals surface area contributed by atoms with Gasteiger partial charge in [-0.15, -0.1) is 0 Å². The van der Waals surface area contributed by atoms with Crippen LogP contribution in [0.25, 0.3) is 0 Å². The van der Waals surface area contributed by atoms with E-state index in [0.717, 1.165) is 21.3 Å². The Morgan fingerprint density at radius 3 is 2.07 bits per heavy atom. The third-order valence-electron chi connectivity index (χ3n) is 5.71. The summed E-state index contributed by atoms with van der Waals surface area (Å²) in [6, 6.07) is 26.0. The van der Waals surface area contributed by atoms with Crippen LogP contribution in [0.1, 0.15) is 23.2 Å². The lowest BCUT2D eigenvalue weighted by atomic mass is 9.85. The van der Waals surface area contributed by atoms with Gasteiger partial charge in [-0.2, -0.15) is 0 Å². The lowest BCUT2D eigenvalue weighted by Gasteiger charge is -2.51. The van der Waals surface area contributed by atoms with Crippen LogP contribution in [0.2, 0.25) is 0 Å². The van der Waals surface area contributed by atoms with Gasteiger partial charge < -0.3 is 9.64 Å². The molecule has 0 unspecified atom stereocenters. The van der Waals surface area contributed by atoms with Crippen LogP contribution in [-0.2, 0) is 9.53 Å². The summed E-state index contributed by atoms with van der Waals surface area (Å²) in [7, 11) is 0. The first kappa shape index (κ1) is 18.9. The van der Waals surface area contributed by atoms with Crippen molar-refractivity contribution in [2.45, 2.75) is 18.1 Å². The first-order valence-corrected chi connectivity index (χ1v) is 10.6. The molecule has 2 aliphatic rings. The van der Waals surface area contributed by atoms with Crippen molar-refractivity contribution >= 4 is 33.6 Å². The van der Waals surface area contributed by atoms with Crippen molar-refractivity contribution < 1.29 is 14.3 Å². The maximum Gasteiger partial charge on any atom is 0.411 e. The van der Waals surface area contributed by atoms with Gasteiger partial charge in [0.05, 0.1) is 12.1 Å². The molecule has 2 amide bonds. The molecule has 150 valence electrons. The zero-order valence-electron chi connectivity index (χ0n) is 16.0. The fourth-order valence-corrected chi connectivity index (χ4v) is 4.55. The zero-order valence-corrected chi connectivity index (χ0v) is 17.6. The first-order valence-electron chi connectivity index (χ1n) is 9.79. The van der Waals surface area contributed by atoms with Gasteiger partial charge in [-0.05, 0) is 35.4 Å². The highest BCUT2D eigenvalue weighted by Gasteiger charge is 2.57. The van der Waals surface area contributed by atoms with E-state index in [4.69, 9.17) is 4.74 Å². The van der Waals surface area contributed by atoms with Crippen molar-refractivity contribution in [1.82, 2.24) is 4.90 Å². The fourth-order valence-electron chi connectivity index (χ4n) is 4.28. The molecule has 3 aromatic carbocycles. The minimum atomic E-state index is -0.619. The highest BCUT2D eigenvalue weighted by atomic mass is 79.9. The Hall–Kier alpha value is -3.12. The molecule has 0 N–H and O–H groups in total. The molecule has 3 atom stereocenters. The van der Waals surface area contributed by atoms with Crippen LogP contribution in [0.15, 0.2) is 89.4 Å². The maximum atomic E-state index is 13.4. The molecule has 5 rings (SSSR count). The number of benzene rings is 3. The van der Waals surface area contributed by atoms with E-state index in [0.29, 0.717) is 0 Å². The SMILES string of the molecule is O=C1[C@H](N2C(=O)OC[C@H]2c2ccccc2)[C@H](c2ccc(Br)cc2)N1c1ccccc1. The number of β-lactam (4-membered cyclic amide) rings is 1. The number of cyclic esters (lactones) is 1. The second kappa shape index (κ2) is 7.61. The molecule has 0 aliphatic carbocycles. The van der Waals surface area contributed by atoms with Crippen LogP contribution in [0.4, 0.5) is 10.5 Å². The molecule has 0 radical (unpaired) electrons. The largest absolute Gasteiger partial charge is 0.447 e. The Balaban J connectivity index is 1.56. The maximum absolute atomic E-state index is 13.4. The Bertz CT molecular complexity index is 1070. The first-order chi connectivity index (χ1) is 14.6. The molecule has 0 spiro atoms. The minimum Gasteiger partial charge on any atom is -0.447 e. The van der Waals surface area contributed by atoms with Gasteiger partial charge in [0.25, 0.3) is 5.91 Å². The molecule has 2 aliphatic heterocycles. The van der Waals surface area contributed by atoms with Crippen LogP contribution in [-0.4, -0.2) is 29.5 Å². The smallest absolute Gasteiger partial charge is 0.411 e. The number of rotatable bonds is 4. The molecule has 2 fully saturated rings. The number of hydrogen-bond acceptors (Lipinski definition) is 3. The Labute approximate surface area is 183 Å². The highest BCUT2D eigenvalue weighted by Crippen LogP contribution is 2.46. The number of carbonyl (C=O) groups excluding carboxylic acids is 2. The number of para-hydroxylation sites is 1. The van der Waals surface area contributed by atoms with Gasteiger partial charge in [-0.25, -0.2) is 4.79 Å². The minimum absolute atomic E-state index is 0.103. The van der Waals surface area contributed by atoms with Gasteiger partial charge in [-0.3, -0.25) is 9.69 Å². The quantitative estimate of drug-likeness (QED) is 0.506. The summed E-state index contributed by atoms with van der Waals surface area (Å²) in [5.41, 5.74) is 2.75. The summed E-state index contributed by atoms with van der Waals surface area (Å²) in [5.74, 6) is -0.103. The standard InChI is InChI=1S/C24H19BrN2O3/c25-18-13-11-17(12-14-18)21-22(23(28)26(21)19-9-5-2-6-10-19)27-20(15-30-24(27)29)16-7-3-1-4-8-16/h1-14,20-22H,15H2/t20-,21-,22+/m0/s1. The number of halogens is 1. The second-order valence-electron chi connectivity index (χ2n) is 7.40. The van der Waals surface area contributed by atoms with Gasteiger partial charge in [-0.1, -0.05) is 76.6 Å². The summed E-state index contributed by atoms with van der Waals surface area (Å²) in [6.07, 6.45) is -0.447. The molecule has 30 heavy (non-hydrogen) atoms. The Morgan fingerprint density at radius 2 is 1.40 bits per heavy atom. The summed E-state index contributed by atoms with van der Waals surface area (Å²) >= 11 is 3.47. The van der Waals surface area contributed by atoms with E-state index in [1.165, 1.54) is 0 Å². The molecule has 3 aromatic rings. The normalized spacial score (nSPS) is 23.3.